The van der Waals surface area contributed by atoms with Crippen LogP contribution in [0, 0.1) is 0 Å². The van der Waals surface area contributed by atoms with Crippen molar-refractivity contribution in [1.29, 1.82) is 0 Å². The van der Waals surface area contributed by atoms with E-state index in [0.717, 1.165) is 25.9 Å². The number of halogens is 1. The van der Waals surface area contributed by atoms with E-state index >= 15 is 0 Å². The van der Waals surface area contributed by atoms with Gasteiger partial charge in [0.25, 0.3) is 5.91 Å². The molecule has 1 aliphatic heterocycles. The molecule has 0 aromatic carbocycles. The molecule has 0 bridgehead atoms. The van der Waals surface area contributed by atoms with Crippen LogP contribution in [-0.2, 0) is 0 Å². The third-order valence-corrected chi connectivity index (χ3v) is 3.27. The number of nitrogen functional groups attached to an aromatic ring is 1. The second-order valence-corrected chi connectivity index (χ2v) is 4.68. The Balaban J connectivity index is 2.20. The Morgan fingerprint density at radius 2 is 1.88 bits per heavy atom. The van der Waals surface area contributed by atoms with E-state index < -0.39 is 0 Å². The fourth-order valence-corrected chi connectivity index (χ4v) is 2.22. The first-order valence-electron chi connectivity index (χ1n) is 5.90. The van der Waals surface area contributed by atoms with Gasteiger partial charge in [-0.15, -0.1) is 0 Å². The molecule has 0 atom stereocenters. The summed E-state index contributed by atoms with van der Waals surface area (Å²) in [5, 5.41) is 0.369. The van der Waals surface area contributed by atoms with Gasteiger partial charge in [-0.25, -0.2) is 4.98 Å². The molecule has 92 valence electrons. The maximum Gasteiger partial charge on any atom is 0.274 e. The van der Waals surface area contributed by atoms with Gasteiger partial charge in [0.2, 0.25) is 0 Å². The summed E-state index contributed by atoms with van der Waals surface area (Å²) < 4.78 is 0. The number of nitrogens with zero attached hydrogens (tertiary/aromatic N) is 2. The van der Waals surface area contributed by atoms with Gasteiger partial charge in [-0.3, -0.25) is 4.79 Å². The first kappa shape index (κ1) is 12.2. The Morgan fingerprint density at radius 1 is 1.24 bits per heavy atom. The van der Waals surface area contributed by atoms with Crippen LogP contribution < -0.4 is 5.73 Å². The SMILES string of the molecule is Nc1ccc(Cl)c(C(=O)N2CCCCCC2)n1. The number of pyridine rings is 1. The Bertz CT molecular complexity index is 414. The normalized spacial score (nSPS) is 16.6. The van der Waals surface area contributed by atoms with Crippen LogP contribution in [0.15, 0.2) is 12.1 Å². The molecule has 1 amide bonds. The predicted octanol–water partition coefficient (Wildman–Crippen LogP) is 2.33. The topological polar surface area (TPSA) is 59.2 Å². The Kier molecular flexibility index (Phi) is 3.84. The van der Waals surface area contributed by atoms with E-state index in [1.165, 1.54) is 12.8 Å². The van der Waals surface area contributed by atoms with Gasteiger partial charge < -0.3 is 10.6 Å². The Morgan fingerprint density at radius 3 is 2.53 bits per heavy atom. The average molecular weight is 254 g/mol. The number of nitrogens with two attached hydrogens (primary N) is 1. The van der Waals surface area contributed by atoms with Gasteiger partial charge in [0.15, 0.2) is 0 Å². The molecule has 1 aromatic heterocycles. The smallest absolute Gasteiger partial charge is 0.274 e. The number of aromatic nitrogens is 1. The van der Waals surface area contributed by atoms with Crippen LogP contribution >= 0.6 is 11.6 Å². The molecular formula is C12H16ClN3O. The van der Waals surface area contributed by atoms with Crippen molar-refractivity contribution in [3.8, 4) is 0 Å². The number of carbonyl (C=O) groups is 1. The number of carbonyl (C=O) groups excluding carboxylic acids is 1. The van der Waals surface area contributed by atoms with Crippen molar-refractivity contribution in [2.24, 2.45) is 0 Å². The van der Waals surface area contributed by atoms with E-state index in [9.17, 15) is 4.79 Å². The van der Waals surface area contributed by atoms with Crippen LogP contribution in [0.25, 0.3) is 0 Å². The fraction of sp³-hybridized carbons (Fsp3) is 0.500. The first-order valence-corrected chi connectivity index (χ1v) is 6.27. The Labute approximate surface area is 106 Å². The van der Waals surface area contributed by atoms with Crippen LogP contribution in [0.4, 0.5) is 5.82 Å². The van der Waals surface area contributed by atoms with Crippen molar-refractivity contribution in [3.63, 3.8) is 0 Å². The highest BCUT2D eigenvalue weighted by molar-refractivity contribution is 6.33. The van der Waals surface area contributed by atoms with Crippen molar-refractivity contribution >= 4 is 23.3 Å². The molecule has 0 unspecified atom stereocenters. The van der Waals surface area contributed by atoms with Gasteiger partial charge in [0.1, 0.15) is 11.5 Å². The van der Waals surface area contributed by atoms with Gasteiger partial charge >= 0.3 is 0 Å². The summed E-state index contributed by atoms with van der Waals surface area (Å²) >= 11 is 5.99. The summed E-state index contributed by atoms with van der Waals surface area (Å²) in [5.74, 6) is 0.219. The average Bonchev–Trinajstić information content (AvgIpc) is 2.60. The minimum atomic E-state index is -0.107. The highest BCUT2D eigenvalue weighted by Gasteiger charge is 2.20. The maximum absolute atomic E-state index is 12.2. The number of hydrogen-bond donors (Lipinski definition) is 1. The highest BCUT2D eigenvalue weighted by Crippen LogP contribution is 2.19. The molecule has 1 aliphatic rings. The largest absolute Gasteiger partial charge is 0.384 e. The van der Waals surface area contributed by atoms with Crippen molar-refractivity contribution in [2.75, 3.05) is 18.8 Å². The summed E-state index contributed by atoms with van der Waals surface area (Å²) in [6, 6.07) is 3.22. The lowest BCUT2D eigenvalue weighted by Gasteiger charge is -2.20. The molecule has 1 fully saturated rings. The molecule has 5 heteroatoms. The summed E-state index contributed by atoms with van der Waals surface area (Å²) in [6.07, 6.45) is 4.46. The molecule has 1 saturated heterocycles. The first-order chi connectivity index (χ1) is 8.18. The zero-order valence-corrected chi connectivity index (χ0v) is 10.4. The number of anilines is 1. The molecule has 17 heavy (non-hydrogen) atoms. The number of rotatable bonds is 1. The summed E-state index contributed by atoms with van der Waals surface area (Å²) in [4.78, 5) is 18.1. The minimum Gasteiger partial charge on any atom is -0.384 e. The zero-order chi connectivity index (χ0) is 12.3. The van der Waals surface area contributed by atoms with Gasteiger partial charge in [-0.1, -0.05) is 24.4 Å². The predicted molar refractivity (Wildman–Crippen MR) is 68.0 cm³/mol. The molecule has 4 nitrogen and oxygen atoms in total. The Hall–Kier alpha value is -1.29. The maximum atomic E-state index is 12.2. The second-order valence-electron chi connectivity index (χ2n) is 4.27. The highest BCUT2D eigenvalue weighted by atomic mass is 35.5. The molecule has 0 aliphatic carbocycles. The van der Waals surface area contributed by atoms with Crippen LogP contribution in [0.1, 0.15) is 36.2 Å². The van der Waals surface area contributed by atoms with E-state index in [0.29, 0.717) is 10.8 Å². The minimum absolute atomic E-state index is 0.107. The molecule has 1 aromatic rings. The van der Waals surface area contributed by atoms with E-state index in [1.807, 2.05) is 4.90 Å². The molecule has 2 heterocycles. The lowest BCUT2D eigenvalue weighted by Crippen LogP contribution is -2.32. The summed E-state index contributed by atoms with van der Waals surface area (Å²) in [5.41, 5.74) is 5.86. The standard InChI is InChI=1S/C12H16ClN3O/c13-9-5-6-10(14)15-11(9)12(17)16-7-3-1-2-4-8-16/h5-6H,1-4,7-8H2,(H2,14,15). The van der Waals surface area contributed by atoms with Gasteiger partial charge in [-0.2, -0.15) is 0 Å². The number of amides is 1. The van der Waals surface area contributed by atoms with E-state index in [4.69, 9.17) is 17.3 Å². The van der Waals surface area contributed by atoms with E-state index in [2.05, 4.69) is 4.98 Å². The third-order valence-electron chi connectivity index (χ3n) is 2.96. The van der Waals surface area contributed by atoms with Crippen molar-refractivity contribution in [1.82, 2.24) is 9.88 Å². The number of likely N-dealkylation sites (tertiary alicyclic amines) is 1. The zero-order valence-electron chi connectivity index (χ0n) is 9.66. The lowest BCUT2D eigenvalue weighted by atomic mass is 10.2. The van der Waals surface area contributed by atoms with Crippen molar-refractivity contribution < 1.29 is 4.79 Å². The molecule has 0 radical (unpaired) electrons. The molecule has 0 spiro atoms. The summed E-state index contributed by atoms with van der Waals surface area (Å²) in [6.45, 7) is 1.57. The van der Waals surface area contributed by atoms with Crippen LogP contribution in [-0.4, -0.2) is 28.9 Å². The third kappa shape index (κ3) is 2.88. The monoisotopic (exact) mass is 253 g/mol. The van der Waals surface area contributed by atoms with Crippen LogP contribution in [0.3, 0.4) is 0 Å². The molecule has 0 saturated carbocycles. The molecule has 2 rings (SSSR count). The van der Waals surface area contributed by atoms with Crippen LogP contribution in [0.5, 0.6) is 0 Å². The quantitative estimate of drug-likeness (QED) is 0.836. The fourth-order valence-electron chi connectivity index (χ4n) is 2.03. The van der Waals surface area contributed by atoms with E-state index in [1.54, 1.807) is 12.1 Å². The van der Waals surface area contributed by atoms with E-state index in [-0.39, 0.29) is 11.6 Å². The summed E-state index contributed by atoms with van der Waals surface area (Å²) in [7, 11) is 0. The molecule has 2 N–H and O–H groups in total. The molecular weight excluding hydrogens is 238 g/mol. The van der Waals surface area contributed by atoms with Crippen LogP contribution in [0.2, 0.25) is 5.02 Å². The van der Waals surface area contributed by atoms with Gasteiger partial charge in [0, 0.05) is 13.1 Å². The van der Waals surface area contributed by atoms with Crippen molar-refractivity contribution in [3.05, 3.63) is 22.8 Å². The second kappa shape index (κ2) is 5.36. The number of hydrogen-bond acceptors (Lipinski definition) is 3. The lowest BCUT2D eigenvalue weighted by molar-refractivity contribution is 0.0756. The van der Waals surface area contributed by atoms with Gasteiger partial charge in [0.05, 0.1) is 5.02 Å². The van der Waals surface area contributed by atoms with Gasteiger partial charge in [-0.05, 0) is 25.0 Å². The van der Waals surface area contributed by atoms with Crippen molar-refractivity contribution in [2.45, 2.75) is 25.7 Å².